The van der Waals surface area contributed by atoms with Crippen molar-refractivity contribution in [1.82, 2.24) is 9.55 Å². The van der Waals surface area contributed by atoms with Crippen LogP contribution in [0.2, 0.25) is 5.02 Å². The maximum Gasteiger partial charge on any atom is 0.359 e. The van der Waals surface area contributed by atoms with Gasteiger partial charge in [0.25, 0.3) is 0 Å². The molecule has 0 saturated heterocycles. The van der Waals surface area contributed by atoms with E-state index < -0.39 is 11.9 Å². The van der Waals surface area contributed by atoms with Crippen molar-refractivity contribution in [1.29, 1.82) is 0 Å². The van der Waals surface area contributed by atoms with Gasteiger partial charge in [-0.3, -0.25) is 9.36 Å². The number of halogens is 1. The molecular formula is C23H21ClN2O5. The van der Waals surface area contributed by atoms with Crippen LogP contribution in [0.4, 0.5) is 0 Å². The summed E-state index contributed by atoms with van der Waals surface area (Å²) in [7, 11) is 0. The summed E-state index contributed by atoms with van der Waals surface area (Å²) in [6.07, 6.45) is 0. The van der Waals surface area contributed by atoms with E-state index in [1.165, 1.54) is 10.6 Å². The number of rotatable bonds is 7. The normalized spacial score (nSPS) is 10.6. The number of carbonyl (C=O) groups is 3. The van der Waals surface area contributed by atoms with Gasteiger partial charge in [0.2, 0.25) is 0 Å². The minimum absolute atomic E-state index is 0.0990. The lowest BCUT2D eigenvalue weighted by atomic mass is 10.0. The highest BCUT2D eigenvalue weighted by molar-refractivity contribution is 6.31. The van der Waals surface area contributed by atoms with Crippen molar-refractivity contribution in [2.24, 2.45) is 0 Å². The highest BCUT2D eigenvalue weighted by atomic mass is 35.5. The Labute approximate surface area is 184 Å². The number of hydrogen-bond acceptors (Lipinski definition) is 6. The zero-order valence-electron chi connectivity index (χ0n) is 17.3. The van der Waals surface area contributed by atoms with Crippen molar-refractivity contribution >= 4 is 29.3 Å². The minimum atomic E-state index is -0.752. The number of benzene rings is 2. The van der Waals surface area contributed by atoms with Gasteiger partial charge in [-0.25, -0.2) is 14.6 Å². The van der Waals surface area contributed by atoms with Gasteiger partial charge in [0, 0.05) is 16.1 Å². The van der Waals surface area contributed by atoms with Crippen LogP contribution in [-0.4, -0.2) is 40.5 Å². The molecule has 0 saturated carbocycles. The second-order valence-corrected chi connectivity index (χ2v) is 6.93. The summed E-state index contributed by atoms with van der Waals surface area (Å²) in [6, 6.07) is 13.4. The van der Waals surface area contributed by atoms with Crippen molar-refractivity contribution in [2.45, 2.75) is 20.8 Å². The molecule has 2 aromatic carbocycles. The molecule has 0 aliphatic carbocycles. The Morgan fingerprint density at radius 2 is 1.61 bits per heavy atom. The first-order chi connectivity index (χ1) is 14.9. The van der Waals surface area contributed by atoms with Gasteiger partial charge >= 0.3 is 11.9 Å². The number of aryl methyl sites for hydroxylation is 1. The predicted octanol–water partition coefficient (Wildman–Crippen LogP) is 4.42. The van der Waals surface area contributed by atoms with E-state index in [1.54, 1.807) is 63.2 Å². The molecule has 0 N–H and O–H groups in total. The molecule has 0 aliphatic rings. The van der Waals surface area contributed by atoms with E-state index in [0.29, 0.717) is 22.1 Å². The Kier molecular flexibility index (Phi) is 6.87. The predicted molar refractivity (Wildman–Crippen MR) is 115 cm³/mol. The fourth-order valence-corrected chi connectivity index (χ4v) is 3.36. The molecular weight excluding hydrogens is 420 g/mol. The van der Waals surface area contributed by atoms with Crippen LogP contribution in [0.15, 0.2) is 48.5 Å². The van der Waals surface area contributed by atoms with Crippen LogP contribution in [0.3, 0.4) is 0 Å². The van der Waals surface area contributed by atoms with Gasteiger partial charge in [0.1, 0.15) is 5.82 Å². The summed E-state index contributed by atoms with van der Waals surface area (Å²) < 4.78 is 11.6. The monoisotopic (exact) mass is 440 g/mol. The lowest BCUT2D eigenvalue weighted by Crippen LogP contribution is -2.18. The molecule has 0 aliphatic heterocycles. The third-order valence-corrected chi connectivity index (χ3v) is 4.70. The van der Waals surface area contributed by atoms with E-state index >= 15 is 0 Å². The van der Waals surface area contributed by atoms with Crippen LogP contribution in [0.1, 0.15) is 56.6 Å². The van der Waals surface area contributed by atoms with Gasteiger partial charge in [0.15, 0.2) is 17.2 Å². The van der Waals surface area contributed by atoms with Gasteiger partial charge in [-0.15, -0.1) is 0 Å². The molecule has 7 nitrogen and oxygen atoms in total. The smallest absolute Gasteiger partial charge is 0.359 e. The van der Waals surface area contributed by atoms with Crippen molar-refractivity contribution in [2.75, 3.05) is 13.2 Å². The summed E-state index contributed by atoms with van der Waals surface area (Å²) in [6.45, 7) is 5.15. The number of hydrogen-bond donors (Lipinski definition) is 0. The van der Waals surface area contributed by atoms with Crippen LogP contribution in [0, 0.1) is 6.92 Å². The molecule has 0 amide bonds. The van der Waals surface area contributed by atoms with Gasteiger partial charge < -0.3 is 9.47 Å². The SMILES string of the molecule is CCOC(=O)c1nc(C)n(-c2ccc(Cl)cc2C(=O)c2ccccc2)c1C(=O)OCC. The first-order valence-corrected chi connectivity index (χ1v) is 10.1. The summed E-state index contributed by atoms with van der Waals surface area (Å²) in [4.78, 5) is 42.8. The van der Waals surface area contributed by atoms with E-state index in [1.807, 2.05) is 0 Å². The fraction of sp³-hybridized carbons (Fsp3) is 0.217. The van der Waals surface area contributed by atoms with E-state index in [9.17, 15) is 14.4 Å². The van der Waals surface area contributed by atoms with Crippen LogP contribution in [0.25, 0.3) is 5.69 Å². The van der Waals surface area contributed by atoms with Crippen molar-refractivity contribution in [3.63, 3.8) is 0 Å². The largest absolute Gasteiger partial charge is 0.461 e. The summed E-state index contributed by atoms with van der Waals surface area (Å²) in [5.74, 6) is -1.48. The quantitative estimate of drug-likeness (QED) is 0.399. The Morgan fingerprint density at radius 3 is 2.26 bits per heavy atom. The van der Waals surface area contributed by atoms with Gasteiger partial charge in [-0.1, -0.05) is 41.9 Å². The standard InChI is InChI=1S/C23H21ClN2O5/c1-4-30-22(28)19-20(23(29)31-5-2)26(14(3)25-19)18-12-11-16(24)13-17(18)21(27)15-9-7-6-8-10-15/h6-13H,4-5H2,1-3H3. The first-order valence-electron chi connectivity index (χ1n) is 9.72. The molecule has 0 fully saturated rings. The number of esters is 2. The minimum Gasteiger partial charge on any atom is -0.461 e. The second-order valence-electron chi connectivity index (χ2n) is 6.49. The zero-order valence-corrected chi connectivity index (χ0v) is 18.1. The molecule has 0 unspecified atom stereocenters. The molecule has 3 aromatic rings. The molecule has 8 heteroatoms. The van der Waals surface area contributed by atoms with Gasteiger partial charge in [0.05, 0.1) is 18.9 Å². The topological polar surface area (TPSA) is 87.5 Å². The first kappa shape index (κ1) is 22.2. The van der Waals surface area contributed by atoms with Crippen molar-refractivity contribution in [3.8, 4) is 5.69 Å². The number of ketones is 1. The molecule has 0 bridgehead atoms. The van der Waals surface area contributed by atoms with E-state index in [4.69, 9.17) is 21.1 Å². The molecule has 1 aromatic heterocycles. The Bertz CT molecular complexity index is 1140. The maximum absolute atomic E-state index is 13.3. The van der Waals surface area contributed by atoms with Gasteiger partial charge in [-0.2, -0.15) is 0 Å². The number of imidazole rings is 1. The average molecular weight is 441 g/mol. The van der Waals surface area contributed by atoms with Crippen LogP contribution < -0.4 is 0 Å². The zero-order chi connectivity index (χ0) is 22.5. The molecule has 0 spiro atoms. The Hall–Kier alpha value is -3.45. The fourth-order valence-electron chi connectivity index (χ4n) is 3.19. The molecule has 160 valence electrons. The maximum atomic E-state index is 13.3. The summed E-state index contributed by atoms with van der Waals surface area (Å²) in [5, 5.41) is 0.351. The van der Waals surface area contributed by atoms with E-state index in [0.717, 1.165) is 0 Å². The average Bonchev–Trinajstić information content (AvgIpc) is 3.11. The lowest BCUT2D eigenvalue weighted by molar-refractivity contribution is 0.0469. The Balaban J connectivity index is 2.27. The number of carbonyl (C=O) groups excluding carboxylic acids is 3. The van der Waals surface area contributed by atoms with Crippen molar-refractivity contribution in [3.05, 3.63) is 81.9 Å². The van der Waals surface area contributed by atoms with Crippen molar-refractivity contribution < 1.29 is 23.9 Å². The second kappa shape index (κ2) is 9.57. The molecule has 1 heterocycles. The summed E-state index contributed by atoms with van der Waals surface area (Å²) >= 11 is 6.18. The summed E-state index contributed by atoms with van der Waals surface area (Å²) in [5.41, 5.74) is 0.766. The van der Waals surface area contributed by atoms with E-state index in [2.05, 4.69) is 4.98 Å². The van der Waals surface area contributed by atoms with Crippen LogP contribution in [-0.2, 0) is 9.47 Å². The van der Waals surface area contributed by atoms with Gasteiger partial charge in [-0.05, 0) is 39.0 Å². The number of nitrogens with zero attached hydrogens (tertiary/aromatic N) is 2. The molecule has 3 rings (SSSR count). The van der Waals surface area contributed by atoms with Crippen LogP contribution >= 0.6 is 11.6 Å². The lowest BCUT2D eigenvalue weighted by Gasteiger charge is -2.15. The third kappa shape index (κ3) is 4.51. The molecule has 0 atom stereocenters. The highest BCUT2D eigenvalue weighted by Gasteiger charge is 2.30. The highest BCUT2D eigenvalue weighted by Crippen LogP contribution is 2.27. The van der Waals surface area contributed by atoms with E-state index in [-0.39, 0.29) is 35.9 Å². The molecule has 31 heavy (non-hydrogen) atoms. The molecule has 0 radical (unpaired) electrons. The van der Waals surface area contributed by atoms with Crippen LogP contribution in [0.5, 0.6) is 0 Å². The Morgan fingerprint density at radius 1 is 0.968 bits per heavy atom. The number of ether oxygens (including phenoxy) is 2. The number of aromatic nitrogens is 2. The third-order valence-electron chi connectivity index (χ3n) is 4.46.